The van der Waals surface area contributed by atoms with Crippen LogP contribution in [0, 0.1) is 0 Å². The lowest BCUT2D eigenvalue weighted by Gasteiger charge is -2.03. The van der Waals surface area contributed by atoms with Crippen molar-refractivity contribution in [2.45, 2.75) is 26.7 Å². The van der Waals surface area contributed by atoms with Gasteiger partial charge in [0.15, 0.2) is 0 Å². The fraction of sp³-hybridized carbons (Fsp3) is 0.333. The molecule has 0 amide bonds. The Morgan fingerprint density at radius 2 is 1.35 bits per heavy atom. The summed E-state index contributed by atoms with van der Waals surface area (Å²) < 4.78 is 7.01. The van der Waals surface area contributed by atoms with Crippen molar-refractivity contribution in [3.05, 3.63) is 45.2 Å². The number of ether oxygens (including phenoxy) is 1. The second-order valence-electron chi connectivity index (χ2n) is 4.72. The van der Waals surface area contributed by atoms with E-state index in [0.717, 1.165) is 4.57 Å². The van der Waals surface area contributed by atoms with Crippen molar-refractivity contribution < 1.29 is 14.3 Å². The fourth-order valence-corrected chi connectivity index (χ4v) is 2.13. The first kappa shape index (κ1) is 16.5. The van der Waals surface area contributed by atoms with Crippen molar-refractivity contribution in [3.63, 3.8) is 0 Å². The highest BCUT2D eigenvalue weighted by Gasteiger charge is 2.24. The molecule has 0 aliphatic carbocycles. The Hall–Kier alpha value is -2.90. The molecule has 0 bridgehead atoms. The summed E-state index contributed by atoms with van der Waals surface area (Å²) in [5.41, 5.74) is -1.48. The third kappa shape index (κ3) is 2.75. The van der Waals surface area contributed by atoms with Gasteiger partial charge < -0.3 is 4.74 Å². The van der Waals surface area contributed by atoms with E-state index in [-0.39, 0.29) is 18.5 Å². The Bertz CT molecular complexity index is 807. The molecule has 2 rings (SSSR count). The maximum atomic E-state index is 12.5. The van der Waals surface area contributed by atoms with Crippen molar-refractivity contribution in [2.24, 2.45) is 0 Å². The van der Waals surface area contributed by atoms with E-state index >= 15 is 0 Å². The van der Waals surface area contributed by atoms with E-state index in [0.29, 0.717) is 15.1 Å². The first-order valence-electron chi connectivity index (χ1n) is 7.14. The van der Waals surface area contributed by atoms with Crippen LogP contribution in [0.4, 0.5) is 0 Å². The molecule has 0 fully saturated rings. The zero-order valence-electron chi connectivity index (χ0n) is 13.1. The minimum Gasteiger partial charge on any atom is -0.497 e. The number of aromatic nitrogens is 3. The van der Waals surface area contributed by atoms with Gasteiger partial charge in [0.1, 0.15) is 5.75 Å². The molecule has 8 nitrogen and oxygen atoms in total. The van der Waals surface area contributed by atoms with Crippen LogP contribution in [0.3, 0.4) is 0 Å². The van der Waals surface area contributed by atoms with Crippen molar-refractivity contribution in [2.75, 3.05) is 7.11 Å². The number of rotatable bonds is 4. The normalized spacial score (nSPS) is 10.6. The molecule has 0 atom stereocenters. The van der Waals surface area contributed by atoms with Crippen LogP contribution in [0.25, 0.3) is 5.69 Å². The molecule has 23 heavy (non-hydrogen) atoms. The van der Waals surface area contributed by atoms with Gasteiger partial charge in [0.05, 0.1) is 12.8 Å². The van der Waals surface area contributed by atoms with Gasteiger partial charge in [-0.15, -0.1) is 0 Å². The largest absolute Gasteiger partial charge is 0.497 e. The molecule has 1 heterocycles. The lowest BCUT2D eigenvalue weighted by Crippen LogP contribution is -2.35. The van der Waals surface area contributed by atoms with E-state index < -0.39 is 23.2 Å². The van der Waals surface area contributed by atoms with Gasteiger partial charge in [0.25, 0.3) is 0 Å². The average molecular weight is 319 g/mol. The molecule has 0 unspecified atom stereocenters. The van der Waals surface area contributed by atoms with Crippen molar-refractivity contribution in [3.8, 4) is 11.4 Å². The molecule has 2 aromatic rings. The third-order valence-corrected chi connectivity index (χ3v) is 3.35. The number of hydrogen-bond donors (Lipinski definition) is 0. The molecule has 0 N–H and O–H groups in total. The van der Waals surface area contributed by atoms with E-state index in [1.165, 1.54) is 19.2 Å². The molecule has 1 aromatic heterocycles. The van der Waals surface area contributed by atoms with E-state index in [1.807, 2.05) is 0 Å². The highest BCUT2D eigenvalue weighted by molar-refractivity contribution is 5.83. The summed E-state index contributed by atoms with van der Waals surface area (Å²) in [5.74, 6) is -0.696. The predicted octanol–water partition coefficient (Wildman–Crippen LogP) is 0.910. The number of hydrogen-bond acceptors (Lipinski definition) is 5. The Labute approximate surface area is 131 Å². The maximum absolute atomic E-state index is 12.5. The average Bonchev–Trinajstić information content (AvgIpc) is 2.84. The molecule has 0 aliphatic heterocycles. The van der Waals surface area contributed by atoms with Gasteiger partial charge in [0.2, 0.25) is 11.8 Å². The zero-order chi connectivity index (χ0) is 17.1. The summed E-state index contributed by atoms with van der Waals surface area (Å²) in [4.78, 5) is 49.0. The Morgan fingerprint density at radius 3 is 1.70 bits per heavy atom. The lowest BCUT2D eigenvalue weighted by atomic mass is 10.3. The van der Waals surface area contributed by atoms with E-state index in [9.17, 15) is 19.2 Å². The molecular weight excluding hydrogens is 302 g/mol. The van der Waals surface area contributed by atoms with Crippen molar-refractivity contribution >= 4 is 11.8 Å². The first-order valence-corrected chi connectivity index (χ1v) is 7.14. The van der Waals surface area contributed by atoms with Crippen LogP contribution in [0.5, 0.6) is 5.75 Å². The number of carbonyl (C=O) groups excluding carboxylic acids is 2. The second kappa shape index (κ2) is 6.47. The van der Waals surface area contributed by atoms with Gasteiger partial charge in [-0.25, -0.2) is 14.2 Å². The minimum atomic E-state index is -0.867. The van der Waals surface area contributed by atoms with Gasteiger partial charge in [-0.3, -0.25) is 9.59 Å². The van der Waals surface area contributed by atoms with Crippen LogP contribution >= 0.6 is 0 Å². The number of benzene rings is 1. The predicted molar refractivity (Wildman–Crippen MR) is 82.7 cm³/mol. The number of carbonyl (C=O) groups is 2. The molecule has 0 radical (unpaired) electrons. The van der Waals surface area contributed by atoms with Crippen LogP contribution in [-0.4, -0.2) is 32.9 Å². The Morgan fingerprint density at radius 1 is 0.913 bits per heavy atom. The van der Waals surface area contributed by atoms with Gasteiger partial charge in [-0.1, -0.05) is 13.8 Å². The van der Waals surface area contributed by atoms with Crippen LogP contribution < -0.4 is 16.1 Å². The highest BCUT2D eigenvalue weighted by atomic mass is 16.5. The monoisotopic (exact) mass is 319 g/mol. The molecular formula is C15H17N3O5. The van der Waals surface area contributed by atoms with Crippen LogP contribution in [0.2, 0.25) is 0 Å². The zero-order valence-corrected chi connectivity index (χ0v) is 13.1. The number of nitrogens with zero attached hydrogens (tertiary/aromatic N) is 3. The fourth-order valence-electron chi connectivity index (χ4n) is 2.13. The summed E-state index contributed by atoms with van der Waals surface area (Å²) >= 11 is 0. The van der Waals surface area contributed by atoms with E-state index in [2.05, 4.69) is 0 Å². The van der Waals surface area contributed by atoms with Crippen LogP contribution in [0.1, 0.15) is 36.3 Å². The molecule has 1 aromatic carbocycles. The number of methoxy groups -OCH3 is 1. The highest BCUT2D eigenvalue weighted by Crippen LogP contribution is 2.12. The van der Waals surface area contributed by atoms with Gasteiger partial charge >= 0.3 is 11.4 Å². The van der Waals surface area contributed by atoms with E-state index in [1.54, 1.807) is 26.0 Å². The molecule has 0 saturated heterocycles. The Balaban J connectivity index is 2.77. The second-order valence-corrected chi connectivity index (χ2v) is 4.72. The first-order chi connectivity index (χ1) is 11.0. The van der Waals surface area contributed by atoms with Crippen LogP contribution in [0.15, 0.2) is 33.9 Å². The summed E-state index contributed by atoms with van der Waals surface area (Å²) in [6.07, 6.45) is -0.0219. The molecule has 8 heteroatoms. The van der Waals surface area contributed by atoms with Crippen molar-refractivity contribution in [1.82, 2.24) is 13.9 Å². The van der Waals surface area contributed by atoms with Crippen molar-refractivity contribution in [1.29, 1.82) is 0 Å². The lowest BCUT2D eigenvalue weighted by molar-refractivity contribution is 0.0783. The summed E-state index contributed by atoms with van der Waals surface area (Å²) in [6.45, 7) is 3.09. The van der Waals surface area contributed by atoms with Crippen LogP contribution in [-0.2, 0) is 0 Å². The molecule has 0 spiro atoms. The van der Waals surface area contributed by atoms with Gasteiger partial charge in [0, 0.05) is 12.8 Å². The molecule has 0 saturated carbocycles. The summed E-state index contributed by atoms with van der Waals surface area (Å²) in [5, 5.41) is 0. The summed E-state index contributed by atoms with van der Waals surface area (Å²) in [7, 11) is 1.49. The standard InChI is InChI=1S/C15H17N3O5/c1-4-12(19)17-14(21)16(15(22)18(17)13(20)5-2)10-6-8-11(23-3)9-7-10/h6-9H,4-5H2,1-3H3. The summed E-state index contributed by atoms with van der Waals surface area (Å²) in [6, 6.07) is 6.16. The topological polar surface area (TPSA) is 92.3 Å². The molecule has 0 aliphatic rings. The Kier molecular flexibility index (Phi) is 4.63. The third-order valence-electron chi connectivity index (χ3n) is 3.35. The quantitative estimate of drug-likeness (QED) is 0.835. The van der Waals surface area contributed by atoms with E-state index in [4.69, 9.17) is 4.74 Å². The van der Waals surface area contributed by atoms with Gasteiger partial charge in [-0.05, 0) is 24.3 Å². The minimum absolute atomic E-state index is 0.0109. The maximum Gasteiger partial charge on any atom is 0.359 e. The SMILES string of the molecule is CCC(=O)n1c(=O)n(-c2ccc(OC)cc2)c(=O)n1C(=O)CC. The van der Waals surface area contributed by atoms with Gasteiger partial charge in [-0.2, -0.15) is 9.36 Å². The smallest absolute Gasteiger partial charge is 0.359 e. The molecule has 122 valence electrons.